The van der Waals surface area contributed by atoms with E-state index in [1.165, 1.54) is 31.7 Å². The zero-order valence-electron chi connectivity index (χ0n) is 11.3. The van der Waals surface area contributed by atoms with Crippen molar-refractivity contribution < 1.29 is 0 Å². The van der Waals surface area contributed by atoms with Gasteiger partial charge in [0, 0.05) is 42.7 Å². The molecule has 0 aliphatic carbocycles. The zero-order chi connectivity index (χ0) is 12.0. The van der Waals surface area contributed by atoms with Gasteiger partial charge in [0.1, 0.15) is 0 Å². The van der Waals surface area contributed by atoms with E-state index in [4.69, 9.17) is 0 Å². The van der Waals surface area contributed by atoms with Gasteiger partial charge in [-0.1, -0.05) is 13.8 Å². The first-order valence-corrected chi connectivity index (χ1v) is 7.81. The van der Waals surface area contributed by atoms with Crippen LogP contribution in [0.3, 0.4) is 0 Å². The molecule has 1 fully saturated rings. The number of hydrogen-bond donors (Lipinski definition) is 1. The quantitative estimate of drug-likeness (QED) is 0.773. The Morgan fingerprint density at radius 3 is 2.75 bits per heavy atom. The second kappa shape index (κ2) is 7.57. The molecule has 1 aliphatic heterocycles. The highest BCUT2D eigenvalue weighted by Crippen LogP contribution is 2.22. The Bertz CT molecular complexity index is 187. The van der Waals surface area contributed by atoms with E-state index in [0.29, 0.717) is 12.1 Å². The third kappa shape index (κ3) is 4.64. The molecule has 2 nitrogen and oxygen atoms in total. The second-order valence-electron chi connectivity index (χ2n) is 4.96. The summed E-state index contributed by atoms with van der Waals surface area (Å²) in [4.78, 5) is 2.65. The number of nitrogens with zero attached hydrogens (tertiary/aromatic N) is 1. The minimum absolute atomic E-state index is 0.656. The molecule has 0 aromatic carbocycles. The van der Waals surface area contributed by atoms with E-state index in [0.717, 1.165) is 11.8 Å². The average Bonchev–Trinajstić information content (AvgIpc) is 2.35. The largest absolute Gasteiger partial charge is 0.313 e. The molecule has 3 heteroatoms. The van der Waals surface area contributed by atoms with Gasteiger partial charge in [-0.3, -0.25) is 4.90 Å². The van der Waals surface area contributed by atoms with Crippen molar-refractivity contribution in [1.82, 2.24) is 10.2 Å². The van der Waals surface area contributed by atoms with E-state index >= 15 is 0 Å². The van der Waals surface area contributed by atoms with Gasteiger partial charge >= 0.3 is 0 Å². The molecule has 0 spiro atoms. The average molecular weight is 244 g/mol. The van der Waals surface area contributed by atoms with Crippen LogP contribution in [0.2, 0.25) is 0 Å². The summed E-state index contributed by atoms with van der Waals surface area (Å²) in [5.74, 6) is 1.31. The summed E-state index contributed by atoms with van der Waals surface area (Å²) < 4.78 is 0. The van der Waals surface area contributed by atoms with Crippen molar-refractivity contribution in [3.05, 3.63) is 0 Å². The lowest BCUT2D eigenvalue weighted by molar-refractivity contribution is 0.206. The normalized spacial score (nSPS) is 26.6. The van der Waals surface area contributed by atoms with Crippen molar-refractivity contribution in [2.45, 2.75) is 57.9 Å². The van der Waals surface area contributed by atoms with Gasteiger partial charge in [-0.15, -0.1) is 0 Å². The predicted octanol–water partition coefficient (Wildman–Crippen LogP) is 2.59. The molecule has 0 aromatic rings. The molecule has 3 unspecified atom stereocenters. The smallest absolute Gasteiger partial charge is 0.0193 e. The summed E-state index contributed by atoms with van der Waals surface area (Å²) in [5.41, 5.74) is 0. The number of hydrogen-bond acceptors (Lipinski definition) is 3. The van der Waals surface area contributed by atoms with Gasteiger partial charge in [0.05, 0.1) is 0 Å². The molecule has 0 bridgehead atoms. The molecule has 0 saturated carbocycles. The maximum Gasteiger partial charge on any atom is 0.0193 e. The fourth-order valence-electron chi connectivity index (χ4n) is 2.03. The Labute approximate surface area is 106 Å². The van der Waals surface area contributed by atoms with Gasteiger partial charge in [-0.25, -0.2) is 0 Å². The molecule has 16 heavy (non-hydrogen) atoms. The molecule has 1 aliphatic rings. The van der Waals surface area contributed by atoms with Gasteiger partial charge in [0.2, 0.25) is 0 Å². The van der Waals surface area contributed by atoms with Gasteiger partial charge in [-0.05, 0) is 26.7 Å². The molecular weight excluding hydrogens is 216 g/mol. The fourth-order valence-corrected chi connectivity index (χ4v) is 3.24. The third-order valence-corrected chi connectivity index (χ3v) is 5.00. The summed E-state index contributed by atoms with van der Waals surface area (Å²) in [5, 5.41) is 4.47. The van der Waals surface area contributed by atoms with Crippen molar-refractivity contribution in [1.29, 1.82) is 0 Å². The van der Waals surface area contributed by atoms with Crippen molar-refractivity contribution >= 4 is 11.8 Å². The molecule has 0 radical (unpaired) electrons. The van der Waals surface area contributed by atoms with Gasteiger partial charge in [0.15, 0.2) is 0 Å². The fraction of sp³-hybridized carbons (Fsp3) is 1.00. The van der Waals surface area contributed by atoms with Gasteiger partial charge in [0.25, 0.3) is 0 Å². The van der Waals surface area contributed by atoms with Crippen LogP contribution < -0.4 is 5.32 Å². The lowest BCUT2D eigenvalue weighted by Gasteiger charge is -2.36. The first-order valence-electron chi connectivity index (χ1n) is 6.76. The molecule has 1 saturated heterocycles. The lowest BCUT2D eigenvalue weighted by atomic mass is 10.2. The molecule has 96 valence electrons. The summed E-state index contributed by atoms with van der Waals surface area (Å²) in [6.45, 7) is 12.9. The van der Waals surface area contributed by atoms with Crippen molar-refractivity contribution in [3.63, 3.8) is 0 Å². The van der Waals surface area contributed by atoms with Crippen LogP contribution in [-0.2, 0) is 0 Å². The van der Waals surface area contributed by atoms with Crippen molar-refractivity contribution in [2.75, 3.05) is 25.4 Å². The highest BCUT2D eigenvalue weighted by molar-refractivity contribution is 8.00. The van der Waals surface area contributed by atoms with E-state index < -0.39 is 0 Å². The van der Waals surface area contributed by atoms with E-state index in [9.17, 15) is 0 Å². The molecule has 1 rings (SSSR count). The topological polar surface area (TPSA) is 15.3 Å². The predicted molar refractivity (Wildman–Crippen MR) is 75.3 cm³/mol. The first-order chi connectivity index (χ1) is 7.67. The van der Waals surface area contributed by atoms with Crippen LogP contribution in [0.1, 0.15) is 40.5 Å². The van der Waals surface area contributed by atoms with Crippen LogP contribution >= 0.6 is 11.8 Å². The molecule has 0 aromatic heterocycles. The Morgan fingerprint density at radius 1 is 1.38 bits per heavy atom. The summed E-state index contributed by atoms with van der Waals surface area (Å²) >= 11 is 2.15. The standard InChI is InChI=1S/C13H28N2S/c1-5-11(3)14-9-12(4)15-7-8-16-13(6-2)10-15/h11-14H,5-10H2,1-4H3. The molecular formula is C13H28N2S. The summed E-state index contributed by atoms with van der Waals surface area (Å²) in [7, 11) is 0. The Morgan fingerprint density at radius 2 is 2.12 bits per heavy atom. The van der Waals surface area contributed by atoms with Gasteiger partial charge in [-0.2, -0.15) is 11.8 Å². The van der Waals surface area contributed by atoms with Crippen molar-refractivity contribution in [2.24, 2.45) is 0 Å². The number of thioether (sulfide) groups is 1. The second-order valence-corrected chi connectivity index (χ2v) is 6.37. The van der Waals surface area contributed by atoms with Crippen LogP contribution in [0, 0.1) is 0 Å². The van der Waals surface area contributed by atoms with E-state index in [1.807, 2.05) is 0 Å². The highest BCUT2D eigenvalue weighted by atomic mass is 32.2. The number of nitrogens with one attached hydrogen (secondary N) is 1. The molecule has 0 amide bonds. The minimum atomic E-state index is 0.656. The minimum Gasteiger partial charge on any atom is -0.313 e. The highest BCUT2D eigenvalue weighted by Gasteiger charge is 2.22. The number of rotatable bonds is 6. The van der Waals surface area contributed by atoms with Gasteiger partial charge < -0.3 is 5.32 Å². The van der Waals surface area contributed by atoms with Crippen LogP contribution in [-0.4, -0.2) is 47.6 Å². The van der Waals surface area contributed by atoms with Crippen LogP contribution in [0.5, 0.6) is 0 Å². The SMILES string of the molecule is CCC(C)NCC(C)N1CCSC(CC)C1. The van der Waals surface area contributed by atoms with Crippen LogP contribution in [0.15, 0.2) is 0 Å². The van der Waals surface area contributed by atoms with E-state index in [2.05, 4.69) is 49.7 Å². The molecule has 3 atom stereocenters. The van der Waals surface area contributed by atoms with Crippen molar-refractivity contribution in [3.8, 4) is 0 Å². The first kappa shape index (κ1) is 14.3. The maximum absolute atomic E-state index is 3.61. The van der Waals surface area contributed by atoms with Crippen LogP contribution in [0.25, 0.3) is 0 Å². The Balaban J connectivity index is 2.27. The lowest BCUT2D eigenvalue weighted by Crippen LogP contribution is -2.48. The van der Waals surface area contributed by atoms with E-state index in [1.54, 1.807) is 0 Å². The van der Waals surface area contributed by atoms with Crippen LogP contribution in [0.4, 0.5) is 0 Å². The zero-order valence-corrected chi connectivity index (χ0v) is 12.1. The Hall–Kier alpha value is 0.270. The maximum atomic E-state index is 3.61. The Kier molecular flexibility index (Phi) is 6.78. The molecule has 1 N–H and O–H groups in total. The van der Waals surface area contributed by atoms with E-state index in [-0.39, 0.29) is 0 Å². The summed E-state index contributed by atoms with van der Waals surface area (Å²) in [6.07, 6.45) is 2.53. The molecule has 1 heterocycles. The summed E-state index contributed by atoms with van der Waals surface area (Å²) in [6, 6.07) is 1.34. The monoisotopic (exact) mass is 244 g/mol. The third-order valence-electron chi connectivity index (χ3n) is 3.62.